The first-order chi connectivity index (χ1) is 11.6. The van der Waals surface area contributed by atoms with E-state index in [1.807, 2.05) is 18.2 Å². The zero-order valence-corrected chi connectivity index (χ0v) is 14.7. The number of nitrogen functional groups attached to an aromatic ring is 1. The molecule has 1 fully saturated rings. The van der Waals surface area contributed by atoms with Crippen LogP contribution in [0.25, 0.3) is 0 Å². The van der Waals surface area contributed by atoms with Crippen LogP contribution in [0.4, 0.5) is 23.0 Å². The molecule has 0 atom stereocenters. The molecule has 1 aliphatic rings. The van der Waals surface area contributed by atoms with Gasteiger partial charge in [0.05, 0.1) is 0 Å². The van der Waals surface area contributed by atoms with Crippen LogP contribution in [-0.2, 0) is 0 Å². The molecule has 0 unspecified atom stereocenters. The summed E-state index contributed by atoms with van der Waals surface area (Å²) in [5, 5.41) is 3.33. The number of anilines is 4. The maximum Gasteiger partial charge on any atom is 0.159 e. The Morgan fingerprint density at radius 2 is 1.92 bits per heavy atom. The van der Waals surface area contributed by atoms with Gasteiger partial charge in [-0.15, -0.1) is 0 Å². The summed E-state index contributed by atoms with van der Waals surface area (Å²) in [5.41, 5.74) is 9.14. The van der Waals surface area contributed by atoms with Crippen LogP contribution in [-0.4, -0.2) is 48.1 Å². The molecule has 0 amide bonds. The van der Waals surface area contributed by atoms with Crippen molar-refractivity contribution in [2.45, 2.75) is 25.8 Å². The van der Waals surface area contributed by atoms with Crippen molar-refractivity contribution in [3.8, 4) is 0 Å². The lowest BCUT2D eigenvalue weighted by Gasteiger charge is -2.36. The van der Waals surface area contributed by atoms with Gasteiger partial charge in [0.2, 0.25) is 0 Å². The average molecular weight is 326 g/mol. The predicted octanol–water partition coefficient (Wildman–Crippen LogP) is 2.64. The molecule has 1 aliphatic heterocycles. The molecule has 0 spiro atoms. The van der Waals surface area contributed by atoms with Crippen molar-refractivity contribution in [1.82, 2.24) is 14.9 Å². The number of aromatic nitrogens is 2. The van der Waals surface area contributed by atoms with E-state index in [4.69, 9.17) is 5.73 Å². The minimum Gasteiger partial charge on any atom is -0.393 e. The molecule has 1 saturated heterocycles. The maximum absolute atomic E-state index is 6.38. The van der Waals surface area contributed by atoms with Gasteiger partial charge in [0.15, 0.2) is 11.6 Å². The molecule has 3 rings (SSSR count). The Morgan fingerprint density at radius 1 is 1.21 bits per heavy atom. The molecule has 6 heteroatoms. The van der Waals surface area contributed by atoms with E-state index in [2.05, 4.69) is 52.2 Å². The summed E-state index contributed by atoms with van der Waals surface area (Å²) in [6, 6.07) is 8.56. The smallest absolute Gasteiger partial charge is 0.159 e. The molecule has 2 heterocycles. The van der Waals surface area contributed by atoms with E-state index in [1.165, 1.54) is 0 Å². The highest BCUT2D eigenvalue weighted by molar-refractivity contribution is 5.78. The van der Waals surface area contributed by atoms with Crippen LogP contribution < -0.4 is 16.0 Å². The number of hydrogen-bond acceptors (Lipinski definition) is 6. The van der Waals surface area contributed by atoms with E-state index in [1.54, 1.807) is 6.33 Å². The second-order valence-corrected chi connectivity index (χ2v) is 6.54. The van der Waals surface area contributed by atoms with Gasteiger partial charge in [-0.2, -0.15) is 0 Å². The second-order valence-electron chi connectivity index (χ2n) is 6.54. The molecule has 2 aromatic rings. The quantitative estimate of drug-likeness (QED) is 0.900. The number of hydrogen-bond donors (Lipinski definition) is 2. The Kier molecular flexibility index (Phi) is 4.85. The molecule has 0 bridgehead atoms. The lowest BCUT2D eigenvalue weighted by molar-refractivity contribution is 0.252. The number of benzene rings is 1. The summed E-state index contributed by atoms with van der Waals surface area (Å²) in [6.07, 6.45) is 3.83. The van der Waals surface area contributed by atoms with Crippen LogP contribution >= 0.6 is 0 Å². The first-order valence-corrected chi connectivity index (χ1v) is 8.40. The Morgan fingerprint density at radius 3 is 2.62 bits per heavy atom. The number of para-hydroxylation sites is 1. The third-order valence-corrected chi connectivity index (χ3v) is 4.83. The predicted molar refractivity (Wildman–Crippen MR) is 99.8 cm³/mol. The fourth-order valence-corrected chi connectivity index (χ4v) is 3.16. The van der Waals surface area contributed by atoms with Crippen molar-refractivity contribution >= 4 is 23.0 Å². The van der Waals surface area contributed by atoms with Crippen molar-refractivity contribution in [2.75, 3.05) is 43.1 Å². The van der Waals surface area contributed by atoms with E-state index >= 15 is 0 Å². The van der Waals surface area contributed by atoms with Crippen molar-refractivity contribution in [2.24, 2.45) is 0 Å². The molecule has 24 heavy (non-hydrogen) atoms. The normalized spacial score (nSPS) is 16.1. The number of nitrogens with zero attached hydrogens (tertiary/aromatic N) is 4. The summed E-state index contributed by atoms with van der Waals surface area (Å²) < 4.78 is 0. The Hall–Kier alpha value is -2.34. The first-order valence-electron chi connectivity index (χ1n) is 8.40. The highest BCUT2D eigenvalue weighted by Gasteiger charge is 2.23. The van der Waals surface area contributed by atoms with Gasteiger partial charge < -0.3 is 20.9 Å². The highest BCUT2D eigenvalue weighted by atomic mass is 15.2. The van der Waals surface area contributed by atoms with Gasteiger partial charge in [-0.3, -0.25) is 0 Å². The van der Waals surface area contributed by atoms with Crippen LogP contribution in [0.2, 0.25) is 0 Å². The van der Waals surface area contributed by atoms with Crippen LogP contribution in [0.15, 0.2) is 30.6 Å². The molecular formula is C18H26N6. The van der Waals surface area contributed by atoms with Crippen LogP contribution in [0.3, 0.4) is 0 Å². The van der Waals surface area contributed by atoms with Crippen LogP contribution in [0, 0.1) is 6.92 Å². The monoisotopic (exact) mass is 326 g/mol. The summed E-state index contributed by atoms with van der Waals surface area (Å²) in [6.45, 7) is 4.27. The van der Waals surface area contributed by atoms with Gasteiger partial charge in [0.1, 0.15) is 12.0 Å². The van der Waals surface area contributed by atoms with E-state index in [9.17, 15) is 0 Å². The Bertz CT molecular complexity index is 694. The summed E-state index contributed by atoms with van der Waals surface area (Å²) in [5.74, 6) is 1.46. The van der Waals surface area contributed by atoms with E-state index in [0.717, 1.165) is 43.0 Å². The molecule has 6 nitrogen and oxygen atoms in total. The summed E-state index contributed by atoms with van der Waals surface area (Å²) >= 11 is 0. The third-order valence-electron chi connectivity index (χ3n) is 4.83. The summed E-state index contributed by atoms with van der Waals surface area (Å²) in [4.78, 5) is 13.3. The van der Waals surface area contributed by atoms with Crippen molar-refractivity contribution in [1.29, 1.82) is 0 Å². The number of aryl methyl sites for hydroxylation is 1. The maximum atomic E-state index is 6.38. The average Bonchev–Trinajstić information content (AvgIpc) is 2.59. The standard InChI is InChI=1S/C18H26N6/c1-13-6-4-5-7-15(13)22-17-16(19)18(21-12-20-17)24(3)14-8-10-23(2)11-9-14/h4-7,12,14H,8-11,19H2,1-3H3,(H,20,21,22). The molecule has 1 aromatic carbocycles. The van der Waals surface area contributed by atoms with Crippen molar-refractivity contribution in [3.05, 3.63) is 36.2 Å². The van der Waals surface area contributed by atoms with E-state index in [0.29, 0.717) is 17.5 Å². The van der Waals surface area contributed by atoms with Crippen molar-refractivity contribution < 1.29 is 0 Å². The molecule has 3 N–H and O–H groups in total. The largest absolute Gasteiger partial charge is 0.393 e. The molecule has 0 aliphatic carbocycles. The number of nitrogens with two attached hydrogens (primary N) is 1. The molecule has 1 aromatic heterocycles. The molecular weight excluding hydrogens is 300 g/mol. The zero-order valence-electron chi connectivity index (χ0n) is 14.7. The van der Waals surface area contributed by atoms with E-state index < -0.39 is 0 Å². The van der Waals surface area contributed by atoms with E-state index in [-0.39, 0.29) is 0 Å². The highest BCUT2D eigenvalue weighted by Crippen LogP contribution is 2.31. The minimum absolute atomic E-state index is 0.463. The Balaban J connectivity index is 1.81. The van der Waals surface area contributed by atoms with Gasteiger partial charge in [-0.25, -0.2) is 9.97 Å². The van der Waals surface area contributed by atoms with Gasteiger partial charge in [0, 0.05) is 18.8 Å². The number of rotatable bonds is 4. The summed E-state index contributed by atoms with van der Waals surface area (Å²) in [7, 11) is 4.24. The van der Waals surface area contributed by atoms with Gasteiger partial charge in [-0.1, -0.05) is 18.2 Å². The third kappa shape index (κ3) is 3.43. The first kappa shape index (κ1) is 16.5. The SMILES string of the molecule is Cc1ccccc1Nc1ncnc(N(C)C2CCN(C)CC2)c1N. The number of likely N-dealkylation sites (tertiary alicyclic amines) is 1. The van der Waals surface area contributed by atoms with Crippen LogP contribution in [0.1, 0.15) is 18.4 Å². The van der Waals surface area contributed by atoms with Gasteiger partial charge in [-0.05, 0) is 51.5 Å². The van der Waals surface area contributed by atoms with Crippen molar-refractivity contribution in [3.63, 3.8) is 0 Å². The number of nitrogens with one attached hydrogen (secondary N) is 1. The van der Waals surface area contributed by atoms with Gasteiger partial charge >= 0.3 is 0 Å². The fourth-order valence-electron chi connectivity index (χ4n) is 3.16. The molecule has 128 valence electrons. The molecule has 0 saturated carbocycles. The second kappa shape index (κ2) is 7.05. The zero-order chi connectivity index (χ0) is 17.1. The number of piperidine rings is 1. The topological polar surface area (TPSA) is 70.3 Å². The lowest BCUT2D eigenvalue weighted by atomic mass is 10.0. The lowest BCUT2D eigenvalue weighted by Crippen LogP contribution is -2.42. The van der Waals surface area contributed by atoms with Gasteiger partial charge in [0.25, 0.3) is 0 Å². The fraction of sp³-hybridized carbons (Fsp3) is 0.444. The molecule has 0 radical (unpaired) electrons. The Labute approximate surface area is 143 Å². The minimum atomic E-state index is 0.463. The van der Waals surface area contributed by atoms with Crippen LogP contribution in [0.5, 0.6) is 0 Å².